The monoisotopic (exact) mass is 398 g/mol. The number of hydrogen-bond acceptors (Lipinski definition) is 4. The van der Waals surface area contributed by atoms with Gasteiger partial charge in [-0.1, -0.05) is 12.8 Å². The lowest BCUT2D eigenvalue weighted by molar-refractivity contribution is -0.145. The highest BCUT2D eigenvalue weighted by Crippen LogP contribution is 2.42. The molecule has 6 nitrogen and oxygen atoms in total. The molecule has 4 rings (SSSR count). The van der Waals surface area contributed by atoms with Crippen LogP contribution >= 0.6 is 0 Å². The second-order valence-corrected chi connectivity index (χ2v) is 9.37. The van der Waals surface area contributed by atoms with Gasteiger partial charge in [0.15, 0.2) is 0 Å². The topological polar surface area (TPSA) is 56.8 Å². The first-order valence-corrected chi connectivity index (χ1v) is 11.2. The first kappa shape index (κ1) is 20.3. The van der Waals surface area contributed by atoms with Gasteiger partial charge < -0.3 is 9.80 Å². The molecule has 3 heterocycles. The molecule has 3 fully saturated rings. The van der Waals surface area contributed by atoms with E-state index in [9.17, 15) is 9.59 Å². The van der Waals surface area contributed by atoms with E-state index < -0.39 is 0 Å². The lowest BCUT2D eigenvalue weighted by atomic mass is 9.72. The average molecular weight is 399 g/mol. The number of carbonyl (C=O) groups excluding carboxylic acids is 2. The van der Waals surface area contributed by atoms with Crippen molar-refractivity contribution in [1.82, 2.24) is 19.7 Å². The number of amides is 2. The lowest BCUT2D eigenvalue weighted by Gasteiger charge is -2.49. The Morgan fingerprint density at radius 1 is 1.17 bits per heavy atom. The Labute approximate surface area is 174 Å². The van der Waals surface area contributed by atoms with Gasteiger partial charge in [0, 0.05) is 51.0 Å². The maximum absolute atomic E-state index is 12.8. The fourth-order valence-corrected chi connectivity index (χ4v) is 5.42. The molecule has 2 amide bonds. The zero-order valence-electron chi connectivity index (χ0n) is 17.7. The van der Waals surface area contributed by atoms with Gasteiger partial charge >= 0.3 is 0 Å². The lowest BCUT2D eigenvalue weighted by Crippen LogP contribution is -2.55. The van der Waals surface area contributed by atoms with E-state index in [-0.39, 0.29) is 11.3 Å². The third-order valence-electron chi connectivity index (χ3n) is 7.24. The summed E-state index contributed by atoms with van der Waals surface area (Å²) in [6.07, 6.45) is 12.2. The SMILES string of the molecule is CN(CC(=O)N1CCC2(CCC(=O)N(C3CCCC3)C2)CC1)Cc1ccncc1. The Bertz CT molecular complexity index is 709. The van der Waals surface area contributed by atoms with Crippen LogP contribution in [0.1, 0.15) is 56.9 Å². The van der Waals surface area contributed by atoms with Crippen molar-refractivity contribution in [2.24, 2.45) is 5.41 Å². The number of nitrogens with zero attached hydrogens (tertiary/aromatic N) is 4. The molecule has 0 N–H and O–H groups in total. The van der Waals surface area contributed by atoms with Crippen molar-refractivity contribution in [2.75, 3.05) is 33.2 Å². The van der Waals surface area contributed by atoms with Gasteiger partial charge in [-0.25, -0.2) is 0 Å². The molecule has 1 aromatic rings. The quantitative estimate of drug-likeness (QED) is 0.765. The van der Waals surface area contributed by atoms with Crippen LogP contribution < -0.4 is 0 Å². The first-order valence-electron chi connectivity index (χ1n) is 11.2. The van der Waals surface area contributed by atoms with E-state index >= 15 is 0 Å². The Hall–Kier alpha value is -1.95. The Morgan fingerprint density at radius 3 is 2.55 bits per heavy atom. The highest BCUT2D eigenvalue weighted by Gasteiger charge is 2.43. The van der Waals surface area contributed by atoms with E-state index in [1.165, 1.54) is 31.2 Å². The van der Waals surface area contributed by atoms with Gasteiger partial charge in [0.1, 0.15) is 0 Å². The Kier molecular flexibility index (Phi) is 6.18. The minimum Gasteiger partial charge on any atom is -0.342 e. The second-order valence-electron chi connectivity index (χ2n) is 9.37. The van der Waals surface area contributed by atoms with Crippen molar-refractivity contribution < 1.29 is 9.59 Å². The fraction of sp³-hybridized carbons (Fsp3) is 0.696. The molecule has 1 saturated carbocycles. The molecule has 2 aliphatic heterocycles. The zero-order chi connectivity index (χ0) is 20.3. The van der Waals surface area contributed by atoms with Crippen molar-refractivity contribution in [1.29, 1.82) is 0 Å². The second kappa shape index (κ2) is 8.82. The van der Waals surface area contributed by atoms with Crippen LogP contribution in [0.5, 0.6) is 0 Å². The van der Waals surface area contributed by atoms with E-state index in [2.05, 4.69) is 14.8 Å². The number of hydrogen-bond donors (Lipinski definition) is 0. The summed E-state index contributed by atoms with van der Waals surface area (Å²) in [5, 5.41) is 0. The predicted octanol–water partition coefficient (Wildman–Crippen LogP) is 2.69. The van der Waals surface area contributed by atoms with E-state index in [0.29, 0.717) is 24.9 Å². The van der Waals surface area contributed by atoms with Gasteiger partial charge in [0.05, 0.1) is 6.54 Å². The minimum atomic E-state index is 0.218. The predicted molar refractivity (Wildman–Crippen MR) is 112 cm³/mol. The van der Waals surface area contributed by atoms with Gasteiger partial charge in [-0.15, -0.1) is 0 Å². The van der Waals surface area contributed by atoms with Crippen LogP contribution in [0.15, 0.2) is 24.5 Å². The Balaban J connectivity index is 1.28. The molecule has 1 spiro atoms. The number of carbonyl (C=O) groups is 2. The highest BCUT2D eigenvalue weighted by atomic mass is 16.2. The molecule has 0 radical (unpaired) electrons. The molecular weight excluding hydrogens is 364 g/mol. The van der Waals surface area contributed by atoms with E-state index in [0.717, 1.165) is 45.4 Å². The highest BCUT2D eigenvalue weighted by molar-refractivity contribution is 5.79. The van der Waals surface area contributed by atoms with Crippen molar-refractivity contribution in [3.05, 3.63) is 30.1 Å². The van der Waals surface area contributed by atoms with Crippen LogP contribution in [0.2, 0.25) is 0 Å². The summed E-state index contributed by atoms with van der Waals surface area (Å²) in [6, 6.07) is 4.46. The van der Waals surface area contributed by atoms with E-state index in [4.69, 9.17) is 0 Å². The number of pyridine rings is 1. The summed E-state index contributed by atoms with van der Waals surface area (Å²) in [5.74, 6) is 0.578. The summed E-state index contributed by atoms with van der Waals surface area (Å²) >= 11 is 0. The van der Waals surface area contributed by atoms with Crippen LogP contribution in [0, 0.1) is 5.41 Å². The molecule has 158 valence electrons. The largest absolute Gasteiger partial charge is 0.342 e. The van der Waals surface area contributed by atoms with Crippen molar-refractivity contribution >= 4 is 11.8 Å². The van der Waals surface area contributed by atoms with Crippen molar-refractivity contribution in [2.45, 2.75) is 64.0 Å². The van der Waals surface area contributed by atoms with Gasteiger partial charge in [-0.05, 0) is 62.3 Å². The molecule has 0 bridgehead atoms. The van der Waals surface area contributed by atoms with Crippen LogP contribution in [-0.2, 0) is 16.1 Å². The number of piperidine rings is 2. The fourth-order valence-electron chi connectivity index (χ4n) is 5.42. The van der Waals surface area contributed by atoms with Crippen LogP contribution in [0.25, 0.3) is 0 Å². The summed E-state index contributed by atoms with van der Waals surface area (Å²) in [6.45, 7) is 3.77. The molecule has 1 aliphatic carbocycles. The molecule has 1 aromatic heterocycles. The first-order chi connectivity index (χ1) is 14.0. The number of aromatic nitrogens is 1. The summed E-state index contributed by atoms with van der Waals surface area (Å²) < 4.78 is 0. The normalized spacial score (nSPS) is 22.6. The smallest absolute Gasteiger partial charge is 0.236 e. The van der Waals surface area contributed by atoms with Gasteiger partial charge in [-0.2, -0.15) is 0 Å². The third kappa shape index (κ3) is 4.80. The molecule has 0 aromatic carbocycles. The van der Waals surface area contributed by atoms with Crippen molar-refractivity contribution in [3.8, 4) is 0 Å². The Morgan fingerprint density at radius 2 is 1.86 bits per heavy atom. The van der Waals surface area contributed by atoms with Crippen LogP contribution in [0.4, 0.5) is 0 Å². The van der Waals surface area contributed by atoms with Gasteiger partial charge in [-0.3, -0.25) is 19.5 Å². The summed E-state index contributed by atoms with van der Waals surface area (Å²) in [4.78, 5) is 35.7. The molecule has 0 unspecified atom stereocenters. The van der Waals surface area contributed by atoms with Gasteiger partial charge in [0.2, 0.25) is 11.8 Å². The third-order valence-corrected chi connectivity index (χ3v) is 7.24. The average Bonchev–Trinajstić information content (AvgIpc) is 3.26. The maximum atomic E-state index is 12.8. The molecule has 0 atom stereocenters. The number of likely N-dealkylation sites (N-methyl/N-ethyl adjacent to an activating group) is 1. The van der Waals surface area contributed by atoms with Gasteiger partial charge in [0.25, 0.3) is 0 Å². The number of rotatable bonds is 5. The molecule has 29 heavy (non-hydrogen) atoms. The number of likely N-dealkylation sites (tertiary alicyclic amines) is 2. The molecule has 2 saturated heterocycles. The molecule has 3 aliphatic rings. The molecular formula is C23H34N4O2. The van der Waals surface area contributed by atoms with Crippen LogP contribution in [-0.4, -0.2) is 70.8 Å². The van der Waals surface area contributed by atoms with E-state index in [1.807, 2.05) is 24.1 Å². The van der Waals surface area contributed by atoms with E-state index in [1.54, 1.807) is 12.4 Å². The zero-order valence-corrected chi connectivity index (χ0v) is 17.7. The summed E-state index contributed by atoms with van der Waals surface area (Å²) in [5.41, 5.74) is 1.41. The summed E-state index contributed by atoms with van der Waals surface area (Å²) in [7, 11) is 2.00. The maximum Gasteiger partial charge on any atom is 0.236 e. The molecule has 6 heteroatoms. The van der Waals surface area contributed by atoms with Crippen LogP contribution in [0.3, 0.4) is 0 Å². The standard InChI is InChI=1S/C23H34N4O2/c1-25(16-19-7-12-24-13-8-19)17-22(29)26-14-10-23(11-15-26)9-6-21(28)27(18-23)20-4-2-3-5-20/h7-8,12-13,20H,2-6,9-11,14-18H2,1H3. The minimum absolute atomic E-state index is 0.218. The van der Waals surface area contributed by atoms with Crippen molar-refractivity contribution in [3.63, 3.8) is 0 Å².